The van der Waals surface area contributed by atoms with Gasteiger partial charge in [-0.25, -0.2) is 14.6 Å². The SMILES string of the molecule is [2H]C([2H])([2H])OC(=O)N[C@H](C(=O)NN(Cc1ccc(-c2cccnc2)cc1)C[C@H](O)[C@H](Cc1ccccc1)NC(=O)[C@@H](NC(=O)OC([2H])([2H])[2H])C(C([2H])([2H])[2H])(C([2H])([2H])[2H])C([2H])([2H])[2H])C(C)(C)C. The minimum Gasteiger partial charge on any atom is -0.453 e. The Kier molecular flexibility index (Phi) is 8.41. The Hall–Kier alpha value is -5.01. The average molecular weight is 720 g/mol. The number of alkyl carbamates (subject to hydrolysis) is 2. The normalized spacial score (nSPS) is 19.6. The molecule has 5 N–H and O–H groups in total. The molecule has 3 aromatic rings. The number of nitrogens with one attached hydrogen (secondary N) is 4. The lowest BCUT2D eigenvalue weighted by Crippen LogP contribution is -2.60. The van der Waals surface area contributed by atoms with Crippen LogP contribution in [0.2, 0.25) is 0 Å². The summed E-state index contributed by atoms with van der Waals surface area (Å²) in [7, 11) is -6.70. The van der Waals surface area contributed by atoms with Crippen LogP contribution in [0.4, 0.5) is 9.59 Å². The van der Waals surface area contributed by atoms with E-state index in [0.29, 0.717) is 11.1 Å². The summed E-state index contributed by atoms with van der Waals surface area (Å²) < 4.78 is 126. The van der Waals surface area contributed by atoms with Gasteiger partial charge >= 0.3 is 12.2 Å². The molecule has 1 heterocycles. The second-order valence-electron chi connectivity index (χ2n) is 12.8. The highest BCUT2D eigenvalue weighted by atomic mass is 16.5. The van der Waals surface area contributed by atoms with Crippen molar-refractivity contribution in [2.75, 3.05) is 20.6 Å². The standard InChI is InChI=1S/C38H52N6O7/c1-37(2,3)31(41-35(48)50-7)33(46)40-29(21-25-13-10-9-11-14-25)30(45)24-44(43-34(47)32(38(4,5)6)42-36(49)51-8)23-26-16-18-27(19-17-26)28-15-12-20-39-22-28/h9-20,22,29-32,45H,21,23-24H2,1-8H3,(H,40,46)(H,41,48)(H,42,49)(H,43,47)/t29-,30-,31+,32+/m0/s1/i1D3,2D3,3D3,7D3,8D3. The summed E-state index contributed by atoms with van der Waals surface area (Å²) in [6.07, 6.45) is -2.53. The van der Waals surface area contributed by atoms with Gasteiger partial charge in [-0.05, 0) is 45.6 Å². The molecule has 4 amide bonds. The molecule has 1 aromatic heterocycles. The summed E-state index contributed by atoms with van der Waals surface area (Å²) in [5, 5.41) is 19.3. The fourth-order valence-electron chi connectivity index (χ4n) is 5.04. The molecule has 0 aliphatic carbocycles. The van der Waals surface area contributed by atoms with Crippen molar-refractivity contribution >= 4 is 24.0 Å². The monoisotopic (exact) mass is 719 g/mol. The first-order valence-electron chi connectivity index (χ1n) is 23.1. The minimum absolute atomic E-state index is 0.218. The first-order valence-corrected chi connectivity index (χ1v) is 15.6. The maximum atomic E-state index is 14.5. The van der Waals surface area contributed by atoms with Crippen molar-refractivity contribution < 1.29 is 54.3 Å². The van der Waals surface area contributed by atoms with Crippen LogP contribution in [0.15, 0.2) is 79.1 Å². The fourth-order valence-corrected chi connectivity index (χ4v) is 5.04. The number of nitrogens with zero attached hydrogens (tertiary/aromatic N) is 2. The molecule has 0 unspecified atom stereocenters. The first kappa shape index (κ1) is 23.5. The number of aromatic nitrogens is 1. The zero-order valence-electron chi connectivity index (χ0n) is 43.2. The van der Waals surface area contributed by atoms with Gasteiger partial charge < -0.3 is 30.5 Å². The molecule has 4 atom stereocenters. The number of hydrazine groups is 1. The van der Waals surface area contributed by atoms with E-state index in [2.05, 4.69) is 30.5 Å². The van der Waals surface area contributed by atoms with Crippen LogP contribution in [0.25, 0.3) is 11.1 Å². The zero-order chi connectivity index (χ0) is 50.3. The van der Waals surface area contributed by atoms with Gasteiger partial charge in [-0.2, -0.15) is 0 Å². The number of hydrogen-bond acceptors (Lipinski definition) is 9. The molecule has 0 radical (unpaired) electrons. The number of benzene rings is 2. The molecule has 0 bridgehead atoms. The van der Waals surface area contributed by atoms with E-state index in [1.807, 2.05) is 6.07 Å². The van der Waals surface area contributed by atoms with Crippen molar-refractivity contribution in [2.24, 2.45) is 10.8 Å². The Morgan fingerprint density at radius 2 is 1.41 bits per heavy atom. The Labute approximate surface area is 321 Å². The predicted octanol–water partition coefficient (Wildman–Crippen LogP) is 4.21. The van der Waals surface area contributed by atoms with Gasteiger partial charge in [0.2, 0.25) is 5.91 Å². The maximum Gasteiger partial charge on any atom is 0.407 e. The van der Waals surface area contributed by atoms with E-state index in [0.717, 1.165) is 16.1 Å². The van der Waals surface area contributed by atoms with Crippen molar-refractivity contribution in [3.8, 4) is 11.1 Å². The number of rotatable bonds is 14. The largest absolute Gasteiger partial charge is 0.453 e. The van der Waals surface area contributed by atoms with E-state index < -0.39 is 100 Å². The van der Waals surface area contributed by atoms with Crippen molar-refractivity contribution in [3.05, 3.63) is 90.3 Å². The number of aliphatic hydroxyl groups excluding tert-OH is 1. The Bertz CT molecular complexity index is 2060. The highest BCUT2D eigenvalue weighted by Gasteiger charge is 2.37. The third-order valence-corrected chi connectivity index (χ3v) is 7.62. The van der Waals surface area contributed by atoms with Gasteiger partial charge in [0.1, 0.15) is 12.1 Å². The molecule has 0 fully saturated rings. The summed E-state index contributed by atoms with van der Waals surface area (Å²) in [5.41, 5.74) is -0.218. The average Bonchev–Trinajstić information content (AvgIpc) is 3.14. The van der Waals surface area contributed by atoms with E-state index in [1.165, 1.54) is 0 Å². The number of ether oxygens (including phenoxy) is 2. The third kappa shape index (κ3) is 12.7. The van der Waals surface area contributed by atoms with Crippen LogP contribution in [-0.4, -0.2) is 84.0 Å². The van der Waals surface area contributed by atoms with Crippen molar-refractivity contribution in [2.45, 2.75) is 78.5 Å². The number of methoxy groups -OCH3 is 2. The Morgan fingerprint density at radius 1 is 0.784 bits per heavy atom. The van der Waals surface area contributed by atoms with Gasteiger partial charge in [0.25, 0.3) is 5.91 Å². The van der Waals surface area contributed by atoms with Crippen molar-refractivity contribution in [1.82, 2.24) is 31.4 Å². The van der Waals surface area contributed by atoms with E-state index in [1.54, 1.807) is 99.1 Å². The van der Waals surface area contributed by atoms with Gasteiger partial charge in [0.15, 0.2) is 0 Å². The lowest BCUT2D eigenvalue weighted by molar-refractivity contribution is -0.132. The van der Waals surface area contributed by atoms with Gasteiger partial charge in [-0.1, -0.05) is 102 Å². The highest BCUT2D eigenvalue weighted by molar-refractivity contribution is 5.87. The molecule has 0 saturated carbocycles. The minimum atomic E-state index is -4.13. The summed E-state index contributed by atoms with van der Waals surface area (Å²) in [6, 6.07) is 12.0. The maximum absolute atomic E-state index is 14.5. The lowest BCUT2D eigenvalue weighted by atomic mass is 9.85. The molecule has 0 aliphatic heterocycles. The summed E-state index contributed by atoms with van der Waals surface area (Å²) in [4.78, 5) is 58.2. The van der Waals surface area contributed by atoms with Gasteiger partial charge in [0, 0.05) is 37.8 Å². The molecule has 13 heteroatoms. The second-order valence-corrected chi connectivity index (χ2v) is 12.8. The summed E-state index contributed by atoms with van der Waals surface area (Å²) in [6.45, 7) is -8.58. The number of pyridine rings is 1. The number of aliphatic hydroxyl groups is 1. The summed E-state index contributed by atoms with van der Waals surface area (Å²) in [5.74, 6) is -2.74. The first-order chi connectivity index (χ1) is 30.1. The molecule has 0 aliphatic rings. The smallest absolute Gasteiger partial charge is 0.407 e. The number of carbonyl (C=O) groups excluding carboxylic acids is 4. The van der Waals surface area contributed by atoms with E-state index in [4.69, 9.17) is 20.6 Å². The van der Waals surface area contributed by atoms with Crippen LogP contribution in [0, 0.1) is 10.8 Å². The van der Waals surface area contributed by atoms with Crippen molar-refractivity contribution in [1.29, 1.82) is 0 Å². The lowest BCUT2D eigenvalue weighted by Gasteiger charge is -2.35. The van der Waals surface area contributed by atoms with Crippen LogP contribution in [0.3, 0.4) is 0 Å². The molecule has 0 saturated heterocycles. The van der Waals surface area contributed by atoms with E-state index in [-0.39, 0.29) is 13.0 Å². The quantitative estimate of drug-likeness (QED) is 0.153. The topological polar surface area (TPSA) is 171 Å². The predicted molar refractivity (Wildman–Crippen MR) is 194 cm³/mol. The van der Waals surface area contributed by atoms with E-state index in [9.17, 15) is 24.3 Å². The Morgan fingerprint density at radius 3 is 1.96 bits per heavy atom. The molecule has 0 spiro atoms. The molecule has 276 valence electrons. The van der Waals surface area contributed by atoms with Gasteiger partial charge in [-0.3, -0.25) is 20.0 Å². The van der Waals surface area contributed by atoms with E-state index >= 15 is 0 Å². The van der Waals surface area contributed by atoms with Gasteiger partial charge in [-0.15, -0.1) is 0 Å². The van der Waals surface area contributed by atoms with Crippen LogP contribution in [0.5, 0.6) is 0 Å². The third-order valence-electron chi connectivity index (χ3n) is 7.62. The second kappa shape index (κ2) is 18.3. The zero-order valence-corrected chi connectivity index (χ0v) is 28.2. The number of amides is 4. The van der Waals surface area contributed by atoms with Crippen LogP contribution in [-0.2, 0) is 32.0 Å². The van der Waals surface area contributed by atoms with Crippen LogP contribution in [0.1, 0.15) is 73.0 Å². The fraction of sp³-hybridized carbons (Fsp3) is 0.447. The number of hydrogen-bond donors (Lipinski definition) is 5. The molecular weight excluding hydrogens is 652 g/mol. The Balaban J connectivity index is 2.18. The summed E-state index contributed by atoms with van der Waals surface area (Å²) >= 11 is 0. The van der Waals surface area contributed by atoms with Crippen molar-refractivity contribution in [3.63, 3.8) is 0 Å². The molecule has 51 heavy (non-hydrogen) atoms. The molecule has 3 rings (SSSR count). The molecular formula is C38H52N6O7. The van der Waals surface area contributed by atoms with Crippen LogP contribution >= 0.6 is 0 Å². The molecule has 2 aromatic carbocycles. The van der Waals surface area contributed by atoms with Crippen LogP contribution < -0.4 is 21.4 Å². The number of carbonyl (C=O) groups is 4. The highest BCUT2D eigenvalue weighted by Crippen LogP contribution is 2.23. The van der Waals surface area contributed by atoms with Gasteiger partial charge in [0.05, 0.1) is 34.4 Å². The molecule has 13 nitrogen and oxygen atoms in total.